The first kappa shape index (κ1) is 12.4. The maximum Gasteiger partial charge on any atom is 0.215 e. The Kier molecular flexibility index (Phi) is 4.37. The first-order valence-electron chi connectivity index (χ1n) is 4.22. The normalized spacial score (nSPS) is 14.5. The molecule has 0 bridgehead atoms. The summed E-state index contributed by atoms with van der Waals surface area (Å²) in [6.45, 7) is 6.77. The molecule has 0 rings (SSSR count). The van der Waals surface area contributed by atoms with Gasteiger partial charge in [-0.15, -0.1) is 0 Å². The van der Waals surface area contributed by atoms with Gasteiger partial charge in [-0.1, -0.05) is 13.8 Å². The Bertz CT molecular complexity index is 288. The summed E-state index contributed by atoms with van der Waals surface area (Å²) in [5, 5.41) is 8.17. The van der Waals surface area contributed by atoms with Crippen LogP contribution in [0, 0.1) is 17.2 Å². The smallest absolute Gasteiger partial charge is 0.212 e. The first-order chi connectivity index (χ1) is 5.81. The number of hydrogen-bond donors (Lipinski definition) is 1. The number of hydrogen-bond acceptors (Lipinski definition) is 3. The standard InChI is InChI=1S/C8H16N2O2S/c1-6(2)8(5-9)10-13(11,12)7(3)4/h6-8,10H,1-4H3. The molecule has 0 aliphatic rings. The van der Waals surface area contributed by atoms with Crippen LogP contribution in [0.1, 0.15) is 27.7 Å². The molecule has 0 aliphatic carbocycles. The van der Waals surface area contributed by atoms with Crippen molar-refractivity contribution in [3.05, 3.63) is 0 Å². The van der Waals surface area contributed by atoms with Gasteiger partial charge in [0.05, 0.1) is 11.3 Å². The Morgan fingerprint density at radius 3 is 1.92 bits per heavy atom. The number of nitrogens with one attached hydrogen (secondary N) is 1. The van der Waals surface area contributed by atoms with Gasteiger partial charge in [0.15, 0.2) is 0 Å². The van der Waals surface area contributed by atoms with E-state index in [2.05, 4.69) is 4.72 Å². The van der Waals surface area contributed by atoms with E-state index in [0.29, 0.717) is 0 Å². The molecule has 5 heteroatoms. The van der Waals surface area contributed by atoms with Gasteiger partial charge in [-0.05, 0) is 19.8 Å². The molecule has 0 aliphatic heterocycles. The van der Waals surface area contributed by atoms with Crippen molar-refractivity contribution in [2.45, 2.75) is 39.0 Å². The number of nitrogens with zero attached hydrogens (tertiary/aromatic N) is 1. The summed E-state index contributed by atoms with van der Waals surface area (Å²) in [4.78, 5) is 0. The van der Waals surface area contributed by atoms with Gasteiger partial charge in [-0.3, -0.25) is 0 Å². The molecular weight excluding hydrogens is 188 g/mol. The van der Waals surface area contributed by atoms with Gasteiger partial charge in [0.1, 0.15) is 6.04 Å². The fraction of sp³-hybridized carbons (Fsp3) is 0.875. The fourth-order valence-electron chi connectivity index (χ4n) is 0.625. The summed E-state index contributed by atoms with van der Waals surface area (Å²) in [6, 6.07) is 1.29. The lowest BCUT2D eigenvalue weighted by molar-refractivity contribution is 0.510. The van der Waals surface area contributed by atoms with Crippen LogP contribution >= 0.6 is 0 Å². The Morgan fingerprint density at radius 1 is 1.23 bits per heavy atom. The van der Waals surface area contributed by atoms with E-state index < -0.39 is 21.3 Å². The minimum Gasteiger partial charge on any atom is -0.212 e. The zero-order valence-corrected chi connectivity index (χ0v) is 9.22. The summed E-state index contributed by atoms with van der Waals surface area (Å²) < 4.78 is 25.0. The molecule has 0 aromatic heterocycles. The van der Waals surface area contributed by atoms with E-state index in [-0.39, 0.29) is 5.92 Å². The van der Waals surface area contributed by atoms with Crippen molar-refractivity contribution in [3.63, 3.8) is 0 Å². The van der Waals surface area contributed by atoms with Crippen molar-refractivity contribution in [3.8, 4) is 6.07 Å². The molecule has 0 radical (unpaired) electrons. The van der Waals surface area contributed by atoms with Gasteiger partial charge < -0.3 is 0 Å². The molecule has 1 atom stereocenters. The average molecular weight is 204 g/mol. The van der Waals surface area contributed by atoms with E-state index in [4.69, 9.17) is 5.26 Å². The highest BCUT2D eigenvalue weighted by molar-refractivity contribution is 7.90. The summed E-state index contributed by atoms with van der Waals surface area (Å²) in [6.07, 6.45) is 0. The lowest BCUT2D eigenvalue weighted by atomic mass is 10.1. The van der Waals surface area contributed by atoms with Gasteiger partial charge in [0, 0.05) is 0 Å². The predicted octanol–water partition coefficient (Wildman–Crippen LogP) is 0.862. The van der Waals surface area contributed by atoms with Crippen LogP contribution < -0.4 is 4.72 Å². The van der Waals surface area contributed by atoms with Crippen molar-refractivity contribution in [2.24, 2.45) is 5.92 Å². The molecule has 0 aromatic rings. The SMILES string of the molecule is CC(C)C(C#N)NS(=O)(=O)C(C)C. The molecule has 0 saturated heterocycles. The third kappa shape index (κ3) is 3.75. The third-order valence-electron chi connectivity index (χ3n) is 1.72. The van der Waals surface area contributed by atoms with E-state index in [9.17, 15) is 8.42 Å². The molecule has 76 valence electrons. The van der Waals surface area contributed by atoms with Crippen LogP contribution in [-0.4, -0.2) is 19.7 Å². The minimum absolute atomic E-state index is 0.0153. The van der Waals surface area contributed by atoms with Crippen LogP contribution in [-0.2, 0) is 10.0 Å². The Morgan fingerprint density at radius 2 is 1.69 bits per heavy atom. The minimum atomic E-state index is -3.33. The van der Waals surface area contributed by atoms with Crippen LogP contribution in [0.25, 0.3) is 0 Å². The highest BCUT2D eigenvalue weighted by Crippen LogP contribution is 2.04. The number of nitriles is 1. The van der Waals surface area contributed by atoms with Gasteiger partial charge >= 0.3 is 0 Å². The maximum absolute atomic E-state index is 11.3. The molecule has 0 saturated carbocycles. The lowest BCUT2D eigenvalue weighted by Crippen LogP contribution is -2.40. The molecular formula is C8H16N2O2S. The van der Waals surface area contributed by atoms with Gasteiger partial charge in [0.25, 0.3) is 0 Å². The zero-order valence-electron chi connectivity index (χ0n) is 8.40. The summed E-state index contributed by atoms with van der Waals surface area (Å²) in [5.41, 5.74) is 0. The summed E-state index contributed by atoms with van der Waals surface area (Å²) >= 11 is 0. The van der Waals surface area contributed by atoms with Crippen molar-refractivity contribution in [2.75, 3.05) is 0 Å². The van der Waals surface area contributed by atoms with Crippen molar-refractivity contribution in [1.29, 1.82) is 5.26 Å². The Hall–Kier alpha value is -0.600. The average Bonchev–Trinajstić information content (AvgIpc) is 1.99. The van der Waals surface area contributed by atoms with Crippen LogP contribution in [0.3, 0.4) is 0 Å². The molecule has 0 aromatic carbocycles. The molecule has 13 heavy (non-hydrogen) atoms. The first-order valence-corrected chi connectivity index (χ1v) is 5.76. The highest BCUT2D eigenvalue weighted by Gasteiger charge is 2.22. The van der Waals surface area contributed by atoms with E-state index in [1.807, 2.05) is 6.07 Å². The van der Waals surface area contributed by atoms with E-state index in [1.54, 1.807) is 27.7 Å². The lowest BCUT2D eigenvalue weighted by Gasteiger charge is -2.16. The molecule has 0 heterocycles. The van der Waals surface area contributed by atoms with Gasteiger partial charge in [-0.2, -0.15) is 9.98 Å². The van der Waals surface area contributed by atoms with Crippen molar-refractivity contribution >= 4 is 10.0 Å². The van der Waals surface area contributed by atoms with Gasteiger partial charge in [0.2, 0.25) is 10.0 Å². The van der Waals surface area contributed by atoms with E-state index in [0.717, 1.165) is 0 Å². The van der Waals surface area contributed by atoms with Crippen LogP contribution in [0.15, 0.2) is 0 Å². The molecule has 1 N–H and O–H groups in total. The Balaban J connectivity index is 4.53. The molecule has 0 amide bonds. The molecule has 0 spiro atoms. The van der Waals surface area contributed by atoms with E-state index >= 15 is 0 Å². The Labute approximate surface area is 80.0 Å². The van der Waals surface area contributed by atoms with Crippen molar-refractivity contribution < 1.29 is 8.42 Å². The second-order valence-corrected chi connectivity index (χ2v) is 5.83. The second-order valence-electron chi connectivity index (χ2n) is 3.56. The van der Waals surface area contributed by atoms with Crippen molar-refractivity contribution in [1.82, 2.24) is 4.72 Å². The quantitative estimate of drug-likeness (QED) is 0.738. The summed E-state index contributed by atoms with van der Waals surface area (Å²) in [7, 11) is -3.33. The van der Waals surface area contributed by atoms with Crippen LogP contribution in [0.2, 0.25) is 0 Å². The number of sulfonamides is 1. The van der Waals surface area contributed by atoms with Crippen LogP contribution in [0.5, 0.6) is 0 Å². The zero-order chi connectivity index (χ0) is 10.6. The molecule has 1 unspecified atom stereocenters. The highest BCUT2D eigenvalue weighted by atomic mass is 32.2. The van der Waals surface area contributed by atoms with Crippen LogP contribution in [0.4, 0.5) is 0 Å². The maximum atomic E-state index is 11.3. The third-order valence-corrected chi connectivity index (χ3v) is 3.54. The number of rotatable bonds is 4. The van der Waals surface area contributed by atoms with Gasteiger partial charge in [-0.25, -0.2) is 8.42 Å². The monoisotopic (exact) mass is 204 g/mol. The fourth-order valence-corrected chi connectivity index (χ4v) is 1.58. The largest absolute Gasteiger partial charge is 0.215 e. The topological polar surface area (TPSA) is 70.0 Å². The second kappa shape index (κ2) is 4.58. The summed E-state index contributed by atoms with van der Waals surface area (Å²) in [5.74, 6) is -0.0153. The molecule has 4 nitrogen and oxygen atoms in total. The molecule has 0 fully saturated rings. The van der Waals surface area contributed by atoms with E-state index in [1.165, 1.54) is 0 Å². The predicted molar refractivity (Wildman–Crippen MR) is 51.4 cm³/mol.